The van der Waals surface area contributed by atoms with E-state index >= 15 is 0 Å². The number of anilines is 3. The van der Waals surface area contributed by atoms with Crippen LogP contribution < -0.4 is 4.90 Å². The first-order valence-corrected chi connectivity index (χ1v) is 19.2. The molecule has 0 unspecified atom stereocenters. The van der Waals surface area contributed by atoms with E-state index in [-0.39, 0.29) is 0 Å². The average Bonchev–Trinajstić information content (AvgIpc) is 3.62. The molecular weight excluding hydrogens is 677 g/mol. The van der Waals surface area contributed by atoms with Crippen molar-refractivity contribution in [3.05, 3.63) is 231 Å². The highest BCUT2D eigenvalue weighted by Crippen LogP contribution is 2.44. The first kappa shape index (κ1) is 33.2. The summed E-state index contributed by atoms with van der Waals surface area (Å²) in [7, 11) is 0. The summed E-state index contributed by atoms with van der Waals surface area (Å²) >= 11 is 0. The van der Waals surface area contributed by atoms with Gasteiger partial charge in [-0.2, -0.15) is 0 Å². The van der Waals surface area contributed by atoms with Crippen molar-refractivity contribution in [2.75, 3.05) is 4.90 Å². The minimum absolute atomic E-state index is 1.09. The van der Waals surface area contributed by atoms with E-state index in [1.54, 1.807) is 0 Å². The molecule has 0 amide bonds. The van der Waals surface area contributed by atoms with Gasteiger partial charge in [0, 0.05) is 33.3 Å². The summed E-state index contributed by atoms with van der Waals surface area (Å²) in [6.07, 6.45) is 0. The molecule has 2 nitrogen and oxygen atoms in total. The molecule has 264 valence electrons. The van der Waals surface area contributed by atoms with Gasteiger partial charge in [0.1, 0.15) is 0 Å². The number of para-hydroxylation sites is 4. The number of aromatic nitrogens is 1. The van der Waals surface area contributed by atoms with Crippen LogP contribution in [0, 0.1) is 0 Å². The van der Waals surface area contributed by atoms with Gasteiger partial charge in [-0.15, -0.1) is 0 Å². The van der Waals surface area contributed by atoms with Crippen LogP contribution >= 0.6 is 0 Å². The smallest absolute Gasteiger partial charge is 0.0541 e. The third-order valence-electron chi connectivity index (χ3n) is 10.8. The van der Waals surface area contributed by atoms with E-state index in [2.05, 4.69) is 240 Å². The van der Waals surface area contributed by atoms with Crippen molar-refractivity contribution in [2.24, 2.45) is 0 Å². The van der Waals surface area contributed by atoms with Crippen molar-refractivity contribution in [1.29, 1.82) is 0 Å². The standard InChI is InChI=1S/C54H38N2/c1-3-16-39(17-4-1)41-30-34-45(35-31-41)55(46-36-32-42(33-37-46)44-21-15-20-43(38-44)40-18-5-2-6-19-40)51-26-11-7-22-47(51)48-23-8-12-27-52(48)56-53-28-13-9-24-49(53)50-25-10-14-29-54(50)56/h1-38H. The molecule has 10 rings (SSSR count). The number of benzene rings is 9. The van der Waals surface area contributed by atoms with E-state index < -0.39 is 0 Å². The summed E-state index contributed by atoms with van der Waals surface area (Å²) in [5.74, 6) is 0. The minimum Gasteiger partial charge on any atom is -0.310 e. The predicted octanol–water partition coefficient (Wildman–Crippen LogP) is 14.9. The lowest BCUT2D eigenvalue weighted by atomic mass is 9.98. The van der Waals surface area contributed by atoms with Gasteiger partial charge in [0.05, 0.1) is 22.4 Å². The Balaban J connectivity index is 1.13. The molecule has 1 heterocycles. The van der Waals surface area contributed by atoms with Gasteiger partial charge in [-0.3, -0.25) is 0 Å². The lowest BCUT2D eigenvalue weighted by Gasteiger charge is -2.29. The van der Waals surface area contributed by atoms with E-state index in [9.17, 15) is 0 Å². The number of hydrogen-bond acceptors (Lipinski definition) is 1. The van der Waals surface area contributed by atoms with Crippen LogP contribution in [0.1, 0.15) is 0 Å². The second-order valence-electron chi connectivity index (χ2n) is 14.1. The molecule has 0 radical (unpaired) electrons. The molecule has 56 heavy (non-hydrogen) atoms. The van der Waals surface area contributed by atoms with Crippen molar-refractivity contribution < 1.29 is 0 Å². The first-order valence-electron chi connectivity index (χ1n) is 19.2. The lowest BCUT2D eigenvalue weighted by Crippen LogP contribution is -2.11. The Morgan fingerprint density at radius 2 is 0.696 bits per heavy atom. The van der Waals surface area contributed by atoms with Gasteiger partial charge in [-0.1, -0.05) is 176 Å². The zero-order valence-electron chi connectivity index (χ0n) is 30.8. The third kappa shape index (κ3) is 6.04. The monoisotopic (exact) mass is 714 g/mol. The van der Waals surface area contributed by atoms with E-state index in [1.807, 2.05) is 0 Å². The first-order chi connectivity index (χ1) is 27.8. The lowest BCUT2D eigenvalue weighted by molar-refractivity contribution is 1.18. The highest BCUT2D eigenvalue weighted by Gasteiger charge is 2.21. The summed E-state index contributed by atoms with van der Waals surface area (Å²) in [5, 5.41) is 2.50. The molecule has 0 aliphatic rings. The Hall–Kier alpha value is -7.42. The maximum absolute atomic E-state index is 2.42. The zero-order valence-corrected chi connectivity index (χ0v) is 30.8. The molecule has 0 spiro atoms. The molecule has 0 aliphatic carbocycles. The highest BCUT2D eigenvalue weighted by atomic mass is 15.1. The second-order valence-corrected chi connectivity index (χ2v) is 14.1. The zero-order chi connectivity index (χ0) is 37.3. The van der Waals surface area contributed by atoms with Crippen molar-refractivity contribution in [1.82, 2.24) is 4.57 Å². The quantitative estimate of drug-likeness (QED) is 0.152. The number of hydrogen-bond donors (Lipinski definition) is 0. The Labute approximate surface area is 327 Å². The van der Waals surface area contributed by atoms with Crippen LogP contribution in [0.2, 0.25) is 0 Å². The third-order valence-corrected chi connectivity index (χ3v) is 10.8. The van der Waals surface area contributed by atoms with Crippen molar-refractivity contribution in [2.45, 2.75) is 0 Å². The molecule has 0 atom stereocenters. The summed E-state index contributed by atoms with van der Waals surface area (Å²) in [4.78, 5) is 2.40. The van der Waals surface area contributed by atoms with Gasteiger partial charge in [-0.25, -0.2) is 0 Å². The summed E-state index contributed by atoms with van der Waals surface area (Å²) in [6, 6.07) is 83.0. The fraction of sp³-hybridized carbons (Fsp3) is 0. The van der Waals surface area contributed by atoms with Crippen LogP contribution in [0.25, 0.3) is 72.0 Å². The van der Waals surface area contributed by atoms with Crippen LogP contribution in [0.15, 0.2) is 231 Å². The van der Waals surface area contributed by atoms with E-state index in [4.69, 9.17) is 0 Å². The topological polar surface area (TPSA) is 8.17 Å². The van der Waals surface area contributed by atoms with Crippen LogP contribution in [0.4, 0.5) is 17.1 Å². The molecule has 0 aliphatic heterocycles. The normalized spacial score (nSPS) is 11.2. The van der Waals surface area contributed by atoms with Gasteiger partial charge >= 0.3 is 0 Å². The SMILES string of the molecule is c1ccc(-c2ccc(N(c3ccc(-c4cccc(-c5ccccc5)c4)cc3)c3ccccc3-c3ccccc3-n3c4ccccc4c4ccccc43)cc2)cc1. The van der Waals surface area contributed by atoms with Gasteiger partial charge < -0.3 is 9.47 Å². The molecule has 0 saturated heterocycles. The Morgan fingerprint density at radius 3 is 1.29 bits per heavy atom. The van der Waals surface area contributed by atoms with Crippen molar-refractivity contribution in [3.63, 3.8) is 0 Å². The van der Waals surface area contributed by atoms with Crippen LogP contribution in [0.3, 0.4) is 0 Å². The molecule has 1 aromatic heterocycles. The Morgan fingerprint density at radius 1 is 0.286 bits per heavy atom. The van der Waals surface area contributed by atoms with Gasteiger partial charge in [0.2, 0.25) is 0 Å². The van der Waals surface area contributed by atoms with Gasteiger partial charge in [0.15, 0.2) is 0 Å². The van der Waals surface area contributed by atoms with Gasteiger partial charge in [0.25, 0.3) is 0 Å². The predicted molar refractivity (Wildman–Crippen MR) is 237 cm³/mol. The Kier molecular flexibility index (Phi) is 8.55. The van der Waals surface area contributed by atoms with Crippen LogP contribution in [-0.4, -0.2) is 4.57 Å². The molecular formula is C54H38N2. The molecule has 0 N–H and O–H groups in total. The fourth-order valence-electron chi connectivity index (χ4n) is 8.15. The summed E-state index contributed by atoms with van der Waals surface area (Å²) in [6.45, 7) is 0. The molecule has 0 saturated carbocycles. The fourth-order valence-corrected chi connectivity index (χ4v) is 8.15. The van der Waals surface area contributed by atoms with Crippen LogP contribution in [-0.2, 0) is 0 Å². The van der Waals surface area contributed by atoms with E-state index in [0.717, 1.165) is 33.9 Å². The molecule has 0 bridgehead atoms. The van der Waals surface area contributed by atoms with E-state index in [0.29, 0.717) is 0 Å². The highest BCUT2D eigenvalue weighted by molar-refractivity contribution is 6.10. The van der Waals surface area contributed by atoms with Crippen molar-refractivity contribution >= 4 is 38.9 Å². The average molecular weight is 715 g/mol. The minimum atomic E-state index is 1.09. The largest absolute Gasteiger partial charge is 0.310 e. The number of fused-ring (bicyclic) bond motifs is 3. The van der Waals surface area contributed by atoms with Crippen molar-refractivity contribution in [3.8, 4) is 50.2 Å². The van der Waals surface area contributed by atoms with Gasteiger partial charge in [-0.05, 0) is 88.0 Å². The second kappa shape index (κ2) is 14.4. The molecule has 0 fully saturated rings. The Bertz CT molecular complexity index is 2890. The summed E-state index contributed by atoms with van der Waals surface area (Å²) in [5.41, 5.74) is 16.3. The molecule has 10 aromatic rings. The molecule has 9 aromatic carbocycles. The maximum Gasteiger partial charge on any atom is 0.0541 e. The number of rotatable bonds is 8. The maximum atomic E-state index is 2.42. The van der Waals surface area contributed by atoms with E-state index in [1.165, 1.54) is 55.2 Å². The van der Waals surface area contributed by atoms with Crippen LogP contribution in [0.5, 0.6) is 0 Å². The summed E-state index contributed by atoms with van der Waals surface area (Å²) < 4.78 is 2.42. The number of nitrogens with zero attached hydrogens (tertiary/aromatic N) is 2. The molecule has 2 heteroatoms.